The van der Waals surface area contributed by atoms with Gasteiger partial charge >= 0.3 is 11.9 Å². The number of ether oxygens (including phenoxy) is 3. The van der Waals surface area contributed by atoms with Crippen LogP contribution in [-0.4, -0.2) is 48.9 Å². The van der Waals surface area contributed by atoms with Crippen molar-refractivity contribution in [3.63, 3.8) is 0 Å². The molecule has 3 aromatic carbocycles. The van der Waals surface area contributed by atoms with Crippen LogP contribution in [0.5, 0.6) is 11.5 Å². The molecule has 0 spiro atoms. The van der Waals surface area contributed by atoms with E-state index in [4.69, 9.17) is 9.47 Å². The smallest absolute Gasteiger partial charge is 0.348 e. The average molecular weight is 511 g/mol. The Morgan fingerprint density at radius 1 is 0.921 bits per heavy atom. The first kappa shape index (κ1) is 25.9. The van der Waals surface area contributed by atoms with Gasteiger partial charge in [0.15, 0.2) is 11.5 Å². The van der Waals surface area contributed by atoms with Crippen molar-refractivity contribution < 1.29 is 33.4 Å². The monoisotopic (exact) mass is 510 g/mol. The van der Waals surface area contributed by atoms with E-state index in [0.29, 0.717) is 5.56 Å². The van der Waals surface area contributed by atoms with Crippen LogP contribution < -0.4 is 9.47 Å². The molecule has 0 saturated carbocycles. The number of nitrogens with zero attached hydrogens (tertiary/aromatic N) is 2. The molecule has 0 fully saturated rings. The molecule has 0 radical (unpaired) electrons. The number of hydrogen-bond acceptors (Lipinski definition) is 8. The topological polar surface area (TPSA) is 123 Å². The van der Waals surface area contributed by atoms with Crippen molar-refractivity contribution in [2.45, 2.75) is 12.5 Å². The molecule has 1 aliphatic heterocycles. The second-order valence-electron chi connectivity index (χ2n) is 8.22. The van der Waals surface area contributed by atoms with E-state index < -0.39 is 29.8 Å². The number of imide groups is 1. The summed E-state index contributed by atoms with van der Waals surface area (Å²) in [6, 6.07) is 20.3. The van der Waals surface area contributed by atoms with E-state index in [1.165, 1.54) is 31.4 Å². The Balaban J connectivity index is 1.66. The van der Waals surface area contributed by atoms with Crippen LogP contribution >= 0.6 is 0 Å². The maximum atomic E-state index is 13.5. The van der Waals surface area contributed by atoms with Gasteiger partial charge in [0.05, 0.1) is 25.3 Å². The van der Waals surface area contributed by atoms with E-state index in [-0.39, 0.29) is 34.6 Å². The SMILES string of the molecule is COC(=O)/C(C#N)=C/c1ccc(OC(=O)[C@H](Cc2ccccc2)N2C(=O)c3ccccc3C2=O)c(OC)c1. The number of benzene rings is 3. The first-order chi connectivity index (χ1) is 18.4. The third kappa shape index (κ3) is 5.15. The fraction of sp³-hybridized carbons (Fsp3) is 0.138. The van der Waals surface area contributed by atoms with E-state index in [2.05, 4.69) is 4.74 Å². The molecule has 1 aliphatic rings. The molecule has 0 aliphatic carbocycles. The molecule has 3 aromatic rings. The highest BCUT2D eigenvalue weighted by Crippen LogP contribution is 2.31. The number of carbonyl (C=O) groups excluding carboxylic acids is 4. The third-order valence-corrected chi connectivity index (χ3v) is 5.92. The van der Waals surface area contributed by atoms with E-state index in [1.54, 1.807) is 54.6 Å². The zero-order valence-corrected chi connectivity index (χ0v) is 20.5. The quantitative estimate of drug-likeness (QED) is 0.148. The average Bonchev–Trinajstić information content (AvgIpc) is 3.20. The van der Waals surface area contributed by atoms with Gasteiger partial charge in [-0.2, -0.15) is 5.26 Å². The maximum Gasteiger partial charge on any atom is 0.348 e. The van der Waals surface area contributed by atoms with E-state index >= 15 is 0 Å². The maximum absolute atomic E-state index is 13.5. The first-order valence-electron chi connectivity index (χ1n) is 11.5. The van der Waals surface area contributed by atoms with Gasteiger partial charge in [0, 0.05) is 6.42 Å². The van der Waals surface area contributed by atoms with Crippen molar-refractivity contribution in [1.29, 1.82) is 5.26 Å². The molecule has 1 atom stereocenters. The number of carbonyl (C=O) groups is 4. The molecule has 2 amide bonds. The summed E-state index contributed by atoms with van der Waals surface area (Å²) in [6.07, 6.45) is 1.34. The summed E-state index contributed by atoms with van der Waals surface area (Å²) in [5, 5.41) is 9.20. The van der Waals surface area contributed by atoms with Crippen LogP contribution in [0.2, 0.25) is 0 Å². The number of fused-ring (bicyclic) bond motifs is 1. The minimum absolute atomic E-state index is 0.0286. The summed E-state index contributed by atoms with van der Waals surface area (Å²) in [4.78, 5) is 52.5. The lowest BCUT2D eigenvalue weighted by atomic mass is 10.0. The molecule has 0 N–H and O–H groups in total. The van der Waals surface area contributed by atoms with Crippen LogP contribution in [0.4, 0.5) is 0 Å². The molecular formula is C29H22N2O7. The minimum atomic E-state index is -1.25. The molecule has 38 heavy (non-hydrogen) atoms. The van der Waals surface area contributed by atoms with Gasteiger partial charge in [-0.25, -0.2) is 9.59 Å². The lowest BCUT2D eigenvalue weighted by Gasteiger charge is -2.25. The van der Waals surface area contributed by atoms with Crippen LogP contribution in [0, 0.1) is 11.3 Å². The zero-order chi connectivity index (χ0) is 27.2. The lowest BCUT2D eigenvalue weighted by molar-refractivity contribution is -0.139. The van der Waals surface area contributed by atoms with Gasteiger partial charge in [0.25, 0.3) is 11.8 Å². The Hall–Kier alpha value is -5.23. The molecule has 1 heterocycles. The fourth-order valence-electron chi connectivity index (χ4n) is 4.06. The molecule has 0 saturated heterocycles. The molecule has 4 rings (SSSR count). The first-order valence-corrected chi connectivity index (χ1v) is 11.5. The van der Waals surface area contributed by atoms with Crippen molar-refractivity contribution in [2.75, 3.05) is 14.2 Å². The van der Waals surface area contributed by atoms with Gasteiger partial charge in [-0.3, -0.25) is 14.5 Å². The fourth-order valence-corrected chi connectivity index (χ4v) is 4.06. The van der Waals surface area contributed by atoms with Crippen LogP contribution in [0.25, 0.3) is 6.08 Å². The largest absolute Gasteiger partial charge is 0.493 e. The molecule has 0 bridgehead atoms. The van der Waals surface area contributed by atoms with Crippen molar-refractivity contribution >= 4 is 29.8 Å². The standard InChI is InChI=1S/C29H22N2O7/c1-36-25-16-19(14-20(17-30)28(34)37-2)12-13-24(25)38-29(35)23(15-18-8-4-3-5-9-18)31-26(32)21-10-6-7-11-22(21)27(31)33/h3-14,16,23H,15H2,1-2H3/b20-14+/t23-/m0/s1. The summed E-state index contributed by atoms with van der Waals surface area (Å²) in [6.45, 7) is 0. The third-order valence-electron chi connectivity index (χ3n) is 5.92. The van der Waals surface area contributed by atoms with Crippen molar-refractivity contribution in [2.24, 2.45) is 0 Å². The van der Waals surface area contributed by atoms with Gasteiger partial charge in [-0.1, -0.05) is 48.5 Å². The van der Waals surface area contributed by atoms with Crippen molar-refractivity contribution in [1.82, 2.24) is 4.90 Å². The molecule has 190 valence electrons. The Bertz CT molecular complexity index is 1450. The second-order valence-corrected chi connectivity index (χ2v) is 8.22. The highest BCUT2D eigenvalue weighted by Gasteiger charge is 2.43. The van der Waals surface area contributed by atoms with Crippen LogP contribution in [0.1, 0.15) is 31.8 Å². The van der Waals surface area contributed by atoms with Gasteiger partial charge < -0.3 is 14.2 Å². The number of nitriles is 1. The molecule has 9 heteroatoms. The summed E-state index contributed by atoms with van der Waals surface area (Å²) < 4.78 is 15.6. The van der Waals surface area contributed by atoms with Crippen LogP contribution in [-0.2, 0) is 20.7 Å². The zero-order valence-electron chi connectivity index (χ0n) is 20.5. The Kier molecular flexibility index (Phi) is 7.63. The van der Waals surface area contributed by atoms with E-state index in [0.717, 1.165) is 17.6 Å². The summed E-state index contributed by atoms with van der Waals surface area (Å²) in [7, 11) is 2.52. The predicted octanol–water partition coefficient (Wildman–Crippen LogP) is 3.59. The Labute approximate surface area is 218 Å². The molecule has 0 aromatic heterocycles. The van der Waals surface area contributed by atoms with E-state index in [1.807, 2.05) is 6.07 Å². The van der Waals surface area contributed by atoms with Crippen LogP contribution in [0.3, 0.4) is 0 Å². The molecule has 0 unspecified atom stereocenters. The number of esters is 2. The van der Waals surface area contributed by atoms with Gasteiger partial charge in [-0.15, -0.1) is 0 Å². The predicted molar refractivity (Wildman–Crippen MR) is 135 cm³/mol. The summed E-state index contributed by atoms with van der Waals surface area (Å²) in [5.74, 6) is -2.63. The highest BCUT2D eigenvalue weighted by atomic mass is 16.6. The lowest BCUT2D eigenvalue weighted by Crippen LogP contribution is -2.48. The van der Waals surface area contributed by atoms with Crippen LogP contribution in [0.15, 0.2) is 78.4 Å². The van der Waals surface area contributed by atoms with Gasteiger partial charge in [0.2, 0.25) is 0 Å². The second kappa shape index (κ2) is 11.2. The Morgan fingerprint density at radius 3 is 2.13 bits per heavy atom. The van der Waals surface area contributed by atoms with Gasteiger partial charge in [0.1, 0.15) is 17.7 Å². The number of methoxy groups -OCH3 is 2. The highest BCUT2D eigenvalue weighted by molar-refractivity contribution is 6.22. The van der Waals surface area contributed by atoms with Crippen molar-refractivity contribution in [3.8, 4) is 17.6 Å². The normalized spacial score (nSPS) is 13.4. The number of rotatable bonds is 8. The number of amides is 2. The Morgan fingerprint density at radius 2 is 1.55 bits per heavy atom. The number of hydrogen-bond donors (Lipinski definition) is 0. The summed E-state index contributed by atoms with van der Waals surface area (Å²) >= 11 is 0. The van der Waals surface area contributed by atoms with E-state index in [9.17, 15) is 24.4 Å². The van der Waals surface area contributed by atoms with Crippen molar-refractivity contribution in [3.05, 3.63) is 101 Å². The van der Waals surface area contributed by atoms with Gasteiger partial charge in [-0.05, 0) is 41.5 Å². The molecule has 9 nitrogen and oxygen atoms in total. The minimum Gasteiger partial charge on any atom is -0.493 e. The summed E-state index contributed by atoms with van der Waals surface area (Å²) in [5.41, 5.74) is 1.36. The molecular weight excluding hydrogens is 488 g/mol.